The largest absolute Gasteiger partial charge is 0.311 e. The minimum Gasteiger partial charge on any atom is -0.311 e. The van der Waals surface area contributed by atoms with Crippen molar-refractivity contribution in [3.63, 3.8) is 0 Å². The molecule has 0 radical (unpaired) electrons. The van der Waals surface area contributed by atoms with Gasteiger partial charge in [-0.3, -0.25) is 0 Å². The fourth-order valence-corrected chi connectivity index (χ4v) is 15.8. The van der Waals surface area contributed by atoms with Crippen LogP contribution in [0.1, 0.15) is 107 Å². The van der Waals surface area contributed by atoms with Crippen LogP contribution >= 0.6 is 11.3 Å². The predicted octanol–water partition coefficient (Wildman–Crippen LogP) is 22.7. The first-order chi connectivity index (χ1) is 43.6. The lowest BCUT2D eigenvalue weighted by molar-refractivity contribution is 0.589. The van der Waals surface area contributed by atoms with Gasteiger partial charge in [-0.25, -0.2) is 0 Å². The molecule has 11 aromatic carbocycles. The van der Waals surface area contributed by atoms with Crippen LogP contribution in [0.25, 0.3) is 31.7 Å². The summed E-state index contributed by atoms with van der Waals surface area (Å²) in [6.07, 6.45) is 0. The summed E-state index contributed by atoms with van der Waals surface area (Å²) in [5.41, 5.74) is 31.4. The van der Waals surface area contributed by atoms with Crippen molar-refractivity contribution in [2.24, 2.45) is 0 Å². The van der Waals surface area contributed by atoms with Crippen LogP contribution in [0.4, 0.5) is 68.2 Å². The van der Waals surface area contributed by atoms with Gasteiger partial charge in [0.05, 0.1) is 5.69 Å². The third kappa shape index (κ3) is 10.5. The van der Waals surface area contributed by atoms with E-state index in [1.54, 1.807) is 0 Å². The summed E-state index contributed by atoms with van der Waals surface area (Å²) >= 11 is 1.91. The molecule has 0 bridgehead atoms. The van der Waals surface area contributed by atoms with Crippen LogP contribution in [0.5, 0.6) is 0 Å². The highest BCUT2D eigenvalue weighted by molar-refractivity contribution is 7.23. The minimum absolute atomic E-state index is 0.0105. The first kappa shape index (κ1) is 59.3. The van der Waals surface area contributed by atoms with Crippen LogP contribution in [0.2, 0.25) is 0 Å². The average molecular weight is 1200 g/mol. The van der Waals surface area contributed by atoms with E-state index < -0.39 is 0 Å². The quantitative estimate of drug-likeness (QED) is 0.127. The summed E-state index contributed by atoms with van der Waals surface area (Å²) in [5, 5.41) is 1.29. The molecule has 12 aromatic rings. The highest BCUT2D eigenvalue weighted by Crippen LogP contribution is 2.52. The summed E-state index contributed by atoms with van der Waals surface area (Å²) in [7, 11) is 0. The maximum atomic E-state index is 2.63. The third-order valence-electron chi connectivity index (χ3n) is 18.9. The van der Waals surface area contributed by atoms with Crippen LogP contribution in [0.3, 0.4) is 0 Å². The molecule has 450 valence electrons. The molecular weight excluding hydrogens is 1120 g/mol. The Hall–Kier alpha value is -9.36. The SMILES string of the molecule is Cc1cc2c3c(c1)N(c1ccc(C(C)(C)C)cc1)c1cc(C(C)(C)C)ccc1B3c1ccc(N(c3cccc(N(c4ccccc4)c4ccccc4)c3)c3c(C)cc(C(C)(C)C)cc3C)cc1N2c1cc(C)c(-c2sc3ccccc3c2-c2ccccc2)c(C)c1. The summed E-state index contributed by atoms with van der Waals surface area (Å²) in [4.78, 5) is 11.4. The maximum absolute atomic E-state index is 2.63. The van der Waals surface area contributed by atoms with Gasteiger partial charge in [-0.15, -0.1) is 11.3 Å². The van der Waals surface area contributed by atoms with Gasteiger partial charge in [0.1, 0.15) is 0 Å². The molecule has 91 heavy (non-hydrogen) atoms. The molecule has 0 amide bonds. The number of rotatable bonds is 10. The molecule has 0 saturated carbocycles. The van der Waals surface area contributed by atoms with Crippen molar-refractivity contribution in [2.75, 3.05) is 19.6 Å². The van der Waals surface area contributed by atoms with Gasteiger partial charge in [-0.1, -0.05) is 196 Å². The molecule has 4 nitrogen and oxygen atoms in total. The van der Waals surface area contributed by atoms with Crippen molar-refractivity contribution in [1.29, 1.82) is 0 Å². The maximum Gasteiger partial charge on any atom is 0.252 e. The second-order valence-electron chi connectivity index (χ2n) is 28.6. The van der Waals surface area contributed by atoms with Crippen molar-refractivity contribution in [3.05, 3.63) is 281 Å². The molecule has 0 unspecified atom stereocenters. The molecule has 2 aliphatic rings. The van der Waals surface area contributed by atoms with Crippen molar-refractivity contribution < 1.29 is 0 Å². The van der Waals surface area contributed by atoms with Crippen molar-refractivity contribution in [1.82, 2.24) is 0 Å². The number of hydrogen-bond donors (Lipinski definition) is 0. The fourth-order valence-electron chi connectivity index (χ4n) is 14.4. The molecule has 14 rings (SSSR count). The zero-order valence-corrected chi connectivity index (χ0v) is 56.1. The zero-order valence-electron chi connectivity index (χ0n) is 55.3. The molecular formula is C85H81BN4S. The minimum atomic E-state index is -0.0786. The topological polar surface area (TPSA) is 13.0 Å². The van der Waals surface area contributed by atoms with Gasteiger partial charge in [0, 0.05) is 83.1 Å². The highest BCUT2D eigenvalue weighted by atomic mass is 32.1. The second-order valence-corrected chi connectivity index (χ2v) is 29.6. The number of fused-ring (bicyclic) bond motifs is 5. The van der Waals surface area contributed by atoms with Crippen molar-refractivity contribution in [3.8, 4) is 21.6 Å². The van der Waals surface area contributed by atoms with E-state index in [1.807, 2.05) is 11.3 Å². The lowest BCUT2D eigenvalue weighted by atomic mass is 9.33. The van der Waals surface area contributed by atoms with Gasteiger partial charge in [0.2, 0.25) is 0 Å². The van der Waals surface area contributed by atoms with Crippen LogP contribution in [-0.2, 0) is 16.2 Å². The smallest absolute Gasteiger partial charge is 0.252 e. The standard InChI is InChI=1S/C85H81BN4S/c1-54-45-75-80-76(46-54)90(69-49-55(2)78(56(3)50-69)82-79(59-27-18-15-19-28-59)70-35-24-25-36-77(70)91-82)74-53-68(42-44-72(74)86(80)71-43-39-61(84(9,10)11)51-73(71)89(75)65-40-37-60(38-41-65)83(6,7)8)88(81-57(4)47-62(48-58(81)5)85(12,13)14)67-34-26-33-66(52-67)87(63-29-20-16-21-30-63)64-31-22-17-23-32-64/h15-53H,1-14H3. The number of hydrogen-bond acceptors (Lipinski definition) is 5. The lowest BCUT2D eigenvalue weighted by Gasteiger charge is -2.45. The fraction of sp³-hybridized carbons (Fsp3) is 0.200. The van der Waals surface area contributed by atoms with E-state index >= 15 is 0 Å². The molecule has 0 spiro atoms. The summed E-state index contributed by atoms with van der Waals surface area (Å²) < 4.78 is 1.29. The van der Waals surface area contributed by atoms with Gasteiger partial charge >= 0.3 is 0 Å². The number of nitrogens with zero attached hydrogens (tertiary/aromatic N) is 4. The van der Waals surface area contributed by atoms with E-state index in [0.717, 1.165) is 45.5 Å². The monoisotopic (exact) mass is 1200 g/mol. The van der Waals surface area contributed by atoms with E-state index in [2.05, 4.69) is 353 Å². The highest BCUT2D eigenvalue weighted by Gasteiger charge is 2.44. The predicted molar refractivity (Wildman–Crippen MR) is 396 cm³/mol. The van der Waals surface area contributed by atoms with Gasteiger partial charge in [-0.05, 0) is 226 Å². The molecule has 1 aromatic heterocycles. The molecule has 0 N–H and O–H groups in total. The second kappa shape index (κ2) is 22.5. The van der Waals surface area contributed by atoms with Crippen LogP contribution in [0, 0.1) is 34.6 Å². The Labute approximate surface area is 544 Å². The van der Waals surface area contributed by atoms with E-state index in [1.165, 1.54) is 115 Å². The Balaban J connectivity index is 1.04. The molecule has 0 fully saturated rings. The first-order valence-electron chi connectivity index (χ1n) is 32.3. The van der Waals surface area contributed by atoms with E-state index in [0.29, 0.717) is 0 Å². The van der Waals surface area contributed by atoms with Crippen LogP contribution in [-0.4, -0.2) is 6.71 Å². The number of benzene rings is 11. The van der Waals surface area contributed by atoms with Gasteiger partial charge in [0.25, 0.3) is 6.71 Å². The number of thiophene rings is 1. The normalized spacial score (nSPS) is 12.9. The van der Waals surface area contributed by atoms with Gasteiger partial charge in [0.15, 0.2) is 0 Å². The summed E-state index contributed by atoms with van der Waals surface area (Å²) in [6, 6.07) is 89.5. The van der Waals surface area contributed by atoms with E-state index in [4.69, 9.17) is 0 Å². The van der Waals surface area contributed by atoms with Crippen molar-refractivity contribution in [2.45, 2.75) is 113 Å². The first-order valence-corrected chi connectivity index (χ1v) is 33.2. The van der Waals surface area contributed by atoms with Crippen LogP contribution < -0.4 is 36.0 Å². The van der Waals surface area contributed by atoms with E-state index in [-0.39, 0.29) is 23.0 Å². The average Bonchev–Trinajstić information content (AvgIpc) is 1.07. The molecule has 3 heterocycles. The summed E-state index contributed by atoms with van der Waals surface area (Å²) in [5.74, 6) is 0. The Morgan fingerprint density at radius 2 is 0.835 bits per heavy atom. The molecule has 0 aliphatic carbocycles. The Bertz CT molecular complexity index is 4690. The van der Waals surface area contributed by atoms with Crippen molar-refractivity contribution >= 4 is 113 Å². The Morgan fingerprint density at radius 1 is 0.352 bits per heavy atom. The molecule has 0 atom stereocenters. The lowest BCUT2D eigenvalue weighted by Crippen LogP contribution is -2.61. The molecule has 6 heteroatoms. The number of para-hydroxylation sites is 2. The Kier molecular flexibility index (Phi) is 14.7. The van der Waals surface area contributed by atoms with E-state index in [9.17, 15) is 0 Å². The van der Waals surface area contributed by atoms with Gasteiger partial charge in [-0.2, -0.15) is 0 Å². The van der Waals surface area contributed by atoms with Gasteiger partial charge < -0.3 is 19.6 Å². The third-order valence-corrected chi connectivity index (χ3v) is 20.1. The molecule has 2 aliphatic heterocycles. The number of aryl methyl sites for hydroxylation is 5. The Morgan fingerprint density at radius 3 is 1.42 bits per heavy atom. The van der Waals surface area contributed by atoms with Crippen LogP contribution in [0.15, 0.2) is 237 Å². The number of anilines is 12. The molecule has 0 saturated heterocycles. The zero-order chi connectivity index (χ0) is 63.4. The summed E-state index contributed by atoms with van der Waals surface area (Å²) in [6.45, 7) is 32.4.